The number of pyridine rings is 1. The SMILES string of the molecule is CCCCCCCCCCCCCCOc1cccc(CN(Cc2ccc[n+](CC)c2)C(=O)c2ccccc2OC)c1C. The van der Waals surface area contributed by atoms with Crippen molar-refractivity contribution in [1.82, 2.24) is 4.90 Å². The molecule has 0 aliphatic carbocycles. The summed E-state index contributed by atoms with van der Waals surface area (Å²) in [5.74, 6) is 1.45. The molecule has 0 fully saturated rings. The molecule has 0 unspecified atom stereocenters. The second kappa shape index (κ2) is 19.8. The molecule has 43 heavy (non-hydrogen) atoms. The van der Waals surface area contributed by atoms with Gasteiger partial charge in [0.15, 0.2) is 12.4 Å². The molecule has 0 saturated carbocycles. The highest BCUT2D eigenvalue weighted by atomic mass is 16.5. The van der Waals surface area contributed by atoms with Gasteiger partial charge in [0.2, 0.25) is 0 Å². The fourth-order valence-corrected chi connectivity index (χ4v) is 5.60. The van der Waals surface area contributed by atoms with Gasteiger partial charge in [-0.3, -0.25) is 4.79 Å². The largest absolute Gasteiger partial charge is 0.496 e. The van der Waals surface area contributed by atoms with Gasteiger partial charge in [0.25, 0.3) is 5.91 Å². The molecule has 1 amide bonds. The zero-order chi connectivity index (χ0) is 30.7. The van der Waals surface area contributed by atoms with Crippen molar-refractivity contribution in [2.45, 2.75) is 117 Å². The predicted molar refractivity (Wildman–Crippen MR) is 177 cm³/mol. The minimum atomic E-state index is -0.0495. The van der Waals surface area contributed by atoms with Crippen LogP contribution in [0.4, 0.5) is 0 Å². The maximum Gasteiger partial charge on any atom is 0.258 e. The van der Waals surface area contributed by atoms with Gasteiger partial charge < -0.3 is 14.4 Å². The van der Waals surface area contributed by atoms with Crippen LogP contribution >= 0.6 is 0 Å². The summed E-state index contributed by atoms with van der Waals surface area (Å²) < 4.78 is 13.9. The molecule has 3 aromatic rings. The van der Waals surface area contributed by atoms with E-state index in [0.29, 0.717) is 24.4 Å². The average molecular weight is 588 g/mol. The standard InChI is InChI=1S/C38H55N2O3/c1-5-7-8-9-10-11-12-13-14-15-16-19-28-43-36-26-20-23-34(32(36)3)31-40(30-33-22-21-27-39(6-2)29-33)38(41)35-24-17-18-25-37(35)42-4/h17-18,20-27,29H,5-16,19,28,30-31H2,1-4H3/q+1. The Morgan fingerprint density at radius 3 is 2.07 bits per heavy atom. The third-order valence-corrected chi connectivity index (χ3v) is 8.30. The van der Waals surface area contributed by atoms with Crippen molar-refractivity contribution >= 4 is 5.91 Å². The van der Waals surface area contributed by atoms with Crippen molar-refractivity contribution in [3.8, 4) is 11.5 Å². The Kier molecular flexibility index (Phi) is 15.7. The van der Waals surface area contributed by atoms with E-state index in [1.165, 1.54) is 70.6 Å². The Hall–Kier alpha value is -3.34. The number of rotatable bonds is 21. The van der Waals surface area contributed by atoms with Gasteiger partial charge in [-0.15, -0.1) is 0 Å². The molecular formula is C38H55N2O3+. The highest BCUT2D eigenvalue weighted by Gasteiger charge is 2.22. The van der Waals surface area contributed by atoms with Crippen LogP contribution in [0.25, 0.3) is 0 Å². The molecule has 0 aliphatic rings. The molecule has 0 aliphatic heterocycles. The molecule has 5 heteroatoms. The third-order valence-electron chi connectivity index (χ3n) is 8.30. The number of ether oxygens (including phenoxy) is 2. The molecule has 0 bridgehead atoms. The summed E-state index contributed by atoms with van der Waals surface area (Å²) >= 11 is 0. The first-order chi connectivity index (χ1) is 21.1. The zero-order valence-corrected chi connectivity index (χ0v) is 27.3. The van der Waals surface area contributed by atoms with Crippen molar-refractivity contribution < 1.29 is 18.8 Å². The van der Waals surface area contributed by atoms with Crippen LogP contribution in [0, 0.1) is 6.92 Å². The van der Waals surface area contributed by atoms with E-state index in [9.17, 15) is 4.79 Å². The summed E-state index contributed by atoms with van der Waals surface area (Å²) in [6.07, 6.45) is 20.2. The number of amides is 1. The van der Waals surface area contributed by atoms with Crippen molar-refractivity contribution in [1.29, 1.82) is 0 Å². The molecule has 0 N–H and O–H groups in total. The van der Waals surface area contributed by atoms with Gasteiger partial charge in [0.1, 0.15) is 18.0 Å². The van der Waals surface area contributed by atoms with E-state index in [1.54, 1.807) is 7.11 Å². The van der Waals surface area contributed by atoms with E-state index in [1.807, 2.05) is 47.4 Å². The zero-order valence-electron chi connectivity index (χ0n) is 27.3. The van der Waals surface area contributed by atoms with Gasteiger partial charge in [-0.05, 0) is 55.7 Å². The summed E-state index contributed by atoms with van der Waals surface area (Å²) in [6, 6.07) is 17.8. The lowest BCUT2D eigenvalue weighted by molar-refractivity contribution is -0.694. The molecule has 0 saturated heterocycles. The molecule has 234 valence electrons. The topological polar surface area (TPSA) is 42.7 Å². The Morgan fingerprint density at radius 1 is 0.744 bits per heavy atom. The lowest BCUT2D eigenvalue weighted by Crippen LogP contribution is -2.34. The summed E-state index contributed by atoms with van der Waals surface area (Å²) in [4.78, 5) is 15.8. The summed E-state index contributed by atoms with van der Waals surface area (Å²) in [6.45, 7) is 9.10. The molecule has 1 aromatic heterocycles. The van der Waals surface area contributed by atoms with Crippen LogP contribution in [-0.4, -0.2) is 24.5 Å². The van der Waals surface area contributed by atoms with Crippen LogP contribution in [-0.2, 0) is 19.6 Å². The summed E-state index contributed by atoms with van der Waals surface area (Å²) in [5, 5.41) is 0. The lowest BCUT2D eigenvalue weighted by Gasteiger charge is -2.25. The number of methoxy groups -OCH3 is 1. The number of aryl methyl sites for hydroxylation is 1. The molecular weight excluding hydrogens is 532 g/mol. The Morgan fingerprint density at radius 2 is 1.40 bits per heavy atom. The van der Waals surface area contributed by atoms with Crippen LogP contribution in [0.5, 0.6) is 11.5 Å². The Labute approximate surface area is 261 Å². The van der Waals surface area contributed by atoms with Gasteiger partial charge in [-0.1, -0.05) is 102 Å². The predicted octanol–water partition coefficient (Wildman–Crippen LogP) is 9.23. The van der Waals surface area contributed by atoms with Crippen LogP contribution in [0.15, 0.2) is 67.0 Å². The van der Waals surface area contributed by atoms with Crippen molar-refractivity contribution in [2.75, 3.05) is 13.7 Å². The number of hydrogen-bond acceptors (Lipinski definition) is 3. The second-order valence-corrected chi connectivity index (χ2v) is 11.7. The van der Waals surface area contributed by atoms with Gasteiger partial charge in [-0.25, -0.2) is 4.57 Å². The number of hydrogen-bond donors (Lipinski definition) is 0. The minimum Gasteiger partial charge on any atom is -0.496 e. The number of benzene rings is 2. The van der Waals surface area contributed by atoms with Gasteiger partial charge >= 0.3 is 0 Å². The van der Waals surface area contributed by atoms with Gasteiger partial charge in [0.05, 0.1) is 25.8 Å². The summed E-state index contributed by atoms with van der Waals surface area (Å²) in [5.41, 5.74) is 3.84. The van der Waals surface area contributed by atoms with E-state index in [0.717, 1.165) is 42.0 Å². The van der Waals surface area contributed by atoms with E-state index in [-0.39, 0.29) is 5.91 Å². The van der Waals surface area contributed by atoms with Gasteiger partial charge in [-0.2, -0.15) is 0 Å². The number of para-hydroxylation sites is 1. The van der Waals surface area contributed by atoms with E-state index in [4.69, 9.17) is 9.47 Å². The number of unbranched alkanes of at least 4 members (excludes halogenated alkanes) is 11. The maximum atomic E-state index is 13.9. The van der Waals surface area contributed by atoms with Crippen molar-refractivity contribution in [3.63, 3.8) is 0 Å². The van der Waals surface area contributed by atoms with Crippen molar-refractivity contribution in [2.24, 2.45) is 0 Å². The van der Waals surface area contributed by atoms with Crippen LogP contribution < -0.4 is 14.0 Å². The molecule has 3 rings (SSSR count). The normalized spacial score (nSPS) is 11.0. The van der Waals surface area contributed by atoms with E-state index in [2.05, 4.69) is 49.9 Å². The second-order valence-electron chi connectivity index (χ2n) is 11.7. The molecule has 5 nitrogen and oxygen atoms in total. The maximum absolute atomic E-state index is 13.9. The smallest absolute Gasteiger partial charge is 0.258 e. The van der Waals surface area contributed by atoms with Crippen LogP contribution in [0.2, 0.25) is 0 Å². The molecule has 2 aromatic carbocycles. The highest BCUT2D eigenvalue weighted by Crippen LogP contribution is 2.26. The number of carbonyl (C=O) groups is 1. The molecule has 1 heterocycles. The molecule has 0 radical (unpaired) electrons. The minimum absolute atomic E-state index is 0.0495. The fourth-order valence-electron chi connectivity index (χ4n) is 5.60. The van der Waals surface area contributed by atoms with Crippen LogP contribution in [0.1, 0.15) is 118 Å². The number of aromatic nitrogens is 1. The third kappa shape index (κ3) is 11.7. The first kappa shape index (κ1) is 34.2. The van der Waals surface area contributed by atoms with E-state index >= 15 is 0 Å². The highest BCUT2D eigenvalue weighted by molar-refractivity contribution is 5.96. The quantitative estimate of drug-likeness (QED) is 0.0921. The fraction of sp³-hybridized carbons (Fsp3) is 0.526. The lowest BCUT2D eigenvalue weighted by atomic mass is 10.1. The first-order valence-corrected chi connectivity index (χ1v) is 16.7. The molecule has 0 atom stereocenters. The van der Waals surface area contributed by atoms with Crippen LogP contribution in [0.3, 0.4) is 0 Å². The average Bonchev–Trinajstić information content (AvgIpc) is 3.04. The summed E-state index contributed by atoms with van der Waals surface area (Å²) in [7, 11) is 1.61. The first-order valence-electron chi connectivity index (χ1n) is 16.7. The molecule has 0 spiro atoms. The monoisotopic (exact) mass is 587 g/mol. The Balaban J connectivity index is 1.55. The van der Waals surface area contributed by atoms with E-state index < -0.39 is 0 Å². The van der Waals surface area contributed by atoms with Gasteiger partial charge in [0, 0.05) is 18.2 Å². The number of carbonyl (C=O) groups excluding carboxylic acids is 1. The number of nitrogens with zero attached hydrogens (tertiary/aromatic N) is 2. The van der Waals surface area contributed by atoms with Crippen molar-refractivity contribution in [3.05, 3.63) is 89.2 Å². The Bertz CT molecular complexity index is 1230.